The summed E-state index contributed by atoms with van der Waals surface area (Å²) in [7, 11) is 3.32. The smallest absolute Gasteiger partial charge is 0.246 e. The summed E-state index contributed by atoms with van der Waals surface area (Å²) in [6.45, 7) is 18.2. The van der Waals surface area contributed by atoms with E-state index < -0.39 is 76.4 Å². The van der Waals surface area contributed by atoms with Crippen molar-refractivity contribution in [1.82, 2.24) is 52.3 Å². The Bertz CT molecular complexity index is 2270. The van der Waals surface area contributed by atoms with Crippen molar-refractivity contribution in [2.75, 3.05) is 27.2 Å². The van der Waals surface area contributed by atoms with Gasteiger partial charge in [0.2, 0.25) is 47.3 Å². The molecule has 2 saturated heterocycles. The molecule has 0 radical (unpaired) electrons. The Balaban J connectivity index is 1.15. The Morgan fingerprint density at radius 2 is 0.907 bits per heavy atom. The number of aryl methyl sites for hydroxylation is 2. The highest BCUT2D eigenvalue weighted by molar-refractivity contribution is 5.96. The molecule has 18 heteroatoms. The zero-order chi connectivity index (χ0) is 55.2. The van der Waals surface area contributed by atoms with E-state index in [0.717, 1.165) is 49.7 Å². The molecule has 2 fully saturated rings. The maximum absolute atomic E-state index is 14.7. The van der Waals surface area contributed by atoms with Crippen LogP contribution in [0.4, 0.5) is 0 Å². The average molecular weight is 1040 g/mol. The van der Waals surface area contributed by atoms with Crippen LogP contribution in [0.3, 0.4) is 0 Å². The van der Waals surface area contributed by atoms with Crippen LogP contribution >= 0.6 is 0 Å². The molecular weight excluding hydrogens is 953 g/mol. The maximum atomic E-state index is 14.7. The molecular formula is C57H86N10O8. The number of fused-ring (bicyclic) bond motifs is 2. The number of carbonyl (C=O) groups is 8. The topological polar surface area (TPSA) is 239 Å². The van der Waals surface area contributed by atoms with Crippen molar-refractivity contribution in [2.45, 2.75) is 194 Å². The molecule has 2 aliphatic heterocycles. The van der Waals surface area contributed by atoms with Crippen LogP contribution in [0.15, 0.2) is 48.5 Å². The van der Waals surface area contributed by atoms with Gasteiger partial charge in [-0.3, -0.25) is 38.4 Å². The van der Waals surface area contributed by atoms with E-state index in [1.165, 1.54) is 20.9 Å². The van der Waals surface area contributed by atoms with Gasteiger partial charge in [0.15, 0.2) is 0 Å². The summed E-state index contributed by atoms with van der Waals surface area (Å²) >= 11 is 0. The number of nitrogens with zero attached hydrogens (tertiary/aromatic N) is 2. The largest absolute Gasteiger partial charge is 0.351 e. The lowest BCUT2D eigenvalue weighted by Gasteiger charge is -2.36. The molecule has 0 aromatic heterocycles. The second-order valence-electron chi connectivity index (χ2n) is 24.5. The molecule has 2 heterocycles. The number of amides is 8. The fraction of sp³-hybridized carbons (Fsp3) is 0.649. The fourth-order valence-corrected chi connectivity index (χ4v) is 11.1. The summed E-state index contributed by atoms with van der Waals surface area (Å²) in [4.78, 5) is 116. The zero-order valence-corrected chi connectivity index (χ0v) is 46.5. The molecule has 4 aliphatic rings. The van der Waals surface area contributed by atoms with Gasteiger partial charge in [0, 0.05) is 38.0 Å². The van der Waals surface area contributed by atoms with E-state index in [4.69, 9.17) is 0 Å². The summed E-state index contributed by atoms with van der Waals surface area (Å²) in [6, 6.07) is 9.36. The average Bonchev–Trinajstić information content (AvgIpc) is 3.97. The molecule has 2 aromatic rings. The Morgan fingerprint density at radius 1 is 0.547 bits per heavy atom. The van der Waals surface area contributed by atoms with Crippen molar-refractivity contribution >= 4 is 47.3 Å². The first-order valence-electron chi connectivity index (χ1n) is 27.1. The van der Waals surface area contributed by atoms with Crippen LogP contribution in [0.1, 0.15) is 155 Å². The van der Waals surface area contributed by atoms with Gasteiger partial charge in [0.1, 0.15) is 24.2 Å². The van der Waals surface area contributed by atoms with Gasteiger partial charge in [-0.15, -0.1) is 0 Å². The van der Waals surface area contributed by atoms with Crippen molar-refractivity contribution in [1.29, 1.82) is 0 Å². The van der Waals surface area contributed by atoms with E-state index in [0.29, 0.717) is 0 Å². The van der Waals surface area contributed by atoms with Crippen molar-refractivity contribution in [3.63, 3.8) is 0 Å². The van der Waals surface area contributed by atoms with E-state index in [1.54, 1.807) is 27.9 Å². The van der Waals surface area contributed by atoms with Gasteiger partial charge in [-0.05, 0) is 118 Å². The monoisotopic (exact) mass is 1040 g/mol. The first-order chi connectivity index (χ1) is 35.2. The van der Waals surface area contributed by atoms with Gasteiger partial charge in [0.05, 0.1) is 24.2 Å². The number of rotatable bonds is 18. The van der Waals surface area contributed by atoms with Crippen molar-refractivity contribution < 1.29 is 38.4 Å². The molecule has 75 heavy (non-hydrogen) atoms. The molecule has 8 amide bonds. The minimum absolute atomic E-state index is 0.0298. The molecule has 18 nitrogen and oxygen atoms in total. The van der Waals surface area contributed by atoms with Gasteiger partial charge in [-0.2, -0.15) is 0 Å². The molecule has 0 spiro atoms. The lowest BCUT2D eigenvalue weighted by molar-refractivity contribution is -0.144. The Hall–Kier alpha value is -5.88. The number of nitrogens with one attached hydrogen (secondary N) is 8. The highest BCUT2D eigenvalue weighted by Gasteiger charge is 2.48. The summed E-state index contributed by atoms with van der Waals surface area (Å²) < 4.78 is 0. The van der Waals surface area contributed by atoms with Crippen LogP contribution in [-0.2, 0) is 51.2 Å². The van der Waals surface area contributed by atoms with E-state index >= 15 is 0 Å². The number of hydrogen-bond donors (Lipinski definition) is 8. The predicted octanol–water partition coefficient (Wildman–Crippen LogP) is 3.63. The first-order valence-corrected chi connectivity index (χ1v) is 27.1. The number of carbonyl (C=O) groups excluding carboxylic acids is 8. The third-order valence-electron chi connectivity index (χ3n) is 15.6. The summed E-state index contributed by atoms with van der Waals surface area (Å²) in [5.41, 5.74) is 2.11. The highest BCUT2D eigenvalue weighted by atomic mass is 16.2. The van der Waals surface area contributed by atoms with E-state index in [2.05, 4.69) is 54.7 Å². The molecule has 0 saturated carbocycles. The van der Waals surface area contributed by atoms with E-state index in [-0.39, 0.29) is 86.3 Å². The summed E-state index contributed by atoms with van der Waals surface area (Å²) in [5, 5.41) is 24.3. The zero-order valence-electron chi connectivity index (χ0n) is 46.5. The van der Waals surface area contributed by atoms with Crippen LogP contribution in [0.5, 0.6) is 0 Å². The minimum atomic E-state index is -0.976. The third-order valence-corrected chi connectivity index (χ3v) is 15.6. The normalized spacial score (nSPS) is 23.3. The molecule has 6 rings (SSSR count). The van der Waals surface area contributed by atoms with Crippen LogP contribution in [0.2, 0.25) is 0 Å². The third kappa shape index (κ3) is 14.7. The van der Waals surface area contributed by atoms with Crippen LogP contribution < -0.4 is 42.5 Å². The van der Waals surface area contributed by atoms with Gasteiger partial charge in [0.25, 0.3) is 0 Å². The van der Waals surface area contributed by atoms with Crippen molar-refractivity contribution in [2.24, 2.45) is 16.2 Å². The fourth-order valence-electron chi connectivity index (χ4n) is 11.1. The molecule has 412 valence electrons. The first kappa shape index (κ1) is 58.4. The molecule has 2 aliphatic carbocycles. The van der Waals surface area contributed by atoms with Crippen LogP contribution in [0.25, 0.3) is 0 Å². The van der Waals surface area contributed by atoms with Gasteiger partial charge >= 0.3 is 0 Å². The van der Waals surface area contributed by atoms with E-state index in [9.17, 15) is 38.4 Å². The molecule has 0 unspecified atom stereocenters. The van der Waals surface area contributed by atoms with Crippen LogP contribution in [-0.4, -0.2) is 133 Å². The number of hydrogen-bond acceptors (Lipinski definition) is 10. The lowest BCUT2D eigenvalue weighted by atomic mass is 9.84. The molecule has 8 N–H and O–H groups in total. The Kier molecular flexibility index (Phi) is 19.0. The number of benzene rings is 2. The Morgan fingerprint density at radius 3 is 1.25 bits per heavy atom. The molecule has 10 atom stereocenters. The van der Waals surface area contributed by atoms with E-state index in [1.807, 2.05) is 91.8 Å². The predicted molar refractivity (Wildman–Crippen MR) is 287 cm³/mol. The van der Waals surface area contributed by atoms with Gasteiger partial charge < -0.3 is 52.3 Å². The summed E-state index contributed by atoms with van der Waals surface area (Å²) in [6.07, 6.45) is 5.25. The highest BCUT2D eigenvalue weighted by Crippen LogP contribution is 2.34. The van der Waals surface area contributed by atoms with Gasteiger partial charge in [-0.1, -0.05) is 104 Å². The lowest BCUT2D eigenvalue weighted by Crippen LogP contribution is -2.59. The number of likely N-dealkylation sites (tertiary alicyclic amines) is 2. The van der Waals surface area contributed by atoms with Crippen LogP contribution in [0, 0.1) is 16.2 Å². The summed E-state index contributed by atoms with van der Waals surface area (Å²) in [5.74, 6) is -2.98. The van der Waals surface area contributed by atoms with Gasteiger partial charge in [-0.25, -0.2) is 0 Å². The SMILES string of the molecule is CN[C@@H](C)C(=O)N[C@H](C(=O)N1C[C@@H](NC(=O)CC(C)(C)CC(=O)N[C@H]2C[C@@H](C(=O)N[C@@H]3CCCc4ccccc43)N(C(=O)[C@@H](NC(=O)[C@H](C)NC)C(C)(C)C)C2)C[C@H]1C(=O)N[C@@H]1CCCc2ccccc21)C(C)(C)C. The molecule has 0 bridgehead atoms. The second kappa shape index (κ2) is 24.4. The Labute approximate surface area is 444 Å². The molecule has 2 aromatic carbocycles. The second-order valence-corrected chi connectivity index (χ2v) is 24.5. The minimum Gasteiger partial charge on any atom is -0.351 e. The standard InChI is InChI=1S/C57H86N10O8/c1-33(58-11)49(70)64-47(55(3,4)5)53(74)66-31-37(27-43(66)51(72)62-41-25-17-21-35-19-13-15-23-39(35)41)60-45(68)29-57(9,10)30-46(69)61-38-28-44(52(73)63-42-26-18-22-36-20-14-16-24-40(36)42)67(32-38)54(75)48(56(6,7)8)65-50(71)34(2)59-12/h13-16,19-20,23-24,33-34,37-38,41-44,47-48,58-59H,17-18,21-22,25-32H2,1-12H3,(H,60,68)(H,61,69)(H,62,72)(H,63,73)(H,64,70)(H,65,71)/t33-,34-,37-,38-,41+,42+,43-,44-,47+,48+/m0/s1. The van der Waals surface area contributed by atoms with Crippen molar-refractivity contribution in [3.8, 4) is 0 Å². The van der Waals surface area contributed by atoms with Crippen molar-refractivity contribution in [3.05, 3.63) is 70.8 Å². The number of likely N-dealkylation sites (N-methyl/N-ethyl adjacent to an activating group) is 2. The maximum Gasteiger partial charge on any atom is 0.246 e. The quantitative estimate of drug-likeness (QED) is 0.108.